The molecule has 0 saturated heterocycles. The van der Waals surface area contributed by atoms with E-state index in [1.165, 1.54) is 11.8 Å². The van der Waals surface area contributed by atoms with Crippen molar-refractivity contribution in [2.24, 2.45) is 0 Å². The molecular weight excluding hydrogens is 292 g/mol. The van der Waals surface area contributed by atoms with Gasteiger partial charge < -0.3 is 15.0 Å². The van der Waals surface area contributed by atoms with Crippen molar-refractivity contribution in [3.63, 3.8) is 0 Å². The van der Waals surface area contributed by atoms with Gasteiger partial charge in [-0.15, -0.1) is 0 Å². The normalized spacial score (nSPS) is 10.3. The summed E-state index contributed by atoms with van der Waals surface area (Å²) in [6.45, 7) is 4.40. The summed E-state index contributed by atoms with van der Waals surface area (Å²) < 4.78 is 4.91. The van der Waals surface area contributed by atoms with Crippen molar-refractivity contribution in [3.8, 4) is 0 Å². The van der Waals surface area contributed by atoms with Crippen LogP contribution < -0.4 is 10.2 Å². The van der Waals surface area contributed by atoms with E-state index in [2.05, 4.69) is 5.32 Å². The van der Waals surface area contributed by atoms with Gasteiger partial charge >= 0.3 is 0 Å². The van der Waals surface area contributed by atoms with Gasteiger partial charge in [0, 0.05) is 37.9 Å². The van der Waals surface area contributed by atoms with Crippen LogP contribution in [0.1, 0.15) is 18.9 Å². The van der Waals surface area contributed by atoms with Crippen molar-refractivity contribution in [3.05, 3.63) is 28.8 Å². The maximum Gasteiger partial charge on any atom is 0.240 e. The maximum atomic E-state index is 11.9. The van der Waals surface area contributed by atoms with Crippen LogP contribution in [0.2, 0.25) is 5.02 Å². The van der Waals surface area contributed by atoms with E-state index in [4.69, 9.17) is 16.3 Å². The molecule has 1 N–H and O–H groups in total. The number of hydrogen-bond acceptors (Lipinski definition) is 3. The van der Waals surface area contributed by atoms with Gasteiger partial charge in [0.1, 0.15) is 6.54 Å². The van der Waals surface area contributed by atoms with Crippen molar-refractivity contribution in [2.75, 3.05) is 31.7 Å². The van der Waals surface area contributed by atoms with E-state index in [1.807, 2.05) is 6.92 Å². The fourth-order valence-corrected chi connectivity index (χ4v) is 2.16. The minimum Gasteiger partial charge on any atom is -0.385 e. The zero-order chi connectivity index (χ0) is 15.8. The molecule has 0 bridgehead atoms. The highest BCUT2D eigenvalue weighted by Crippen LogP contribution is 2.23. The number of amides is 2. The molecule has 0 saturated carbocycles. The van der Waals surface area contributed by atoms with E-state index in [9.17, 15) is 9.59 Å². The maximum absolute atomic E-state index is 11.9. The molecule has 0 aromatic heterocycles. The number of rotatable bonds is 7. The largest absolute Gasteiger partial charge is 0.385 e. The summed E-state index contributed by atoms with van der Waals surface area (Å²) in [6.07, 6.45) is 0.738. The van der Waals surface area contributed by atoms with E-state index >= 15 is 0 Å². The Morgan fingerprint density at radius 3 is 2.67 bits per heavy atom. The van der Waals surface area contributed by atoms with Gasteiger partial charge in [0.15, 0.2) is 0 Å². The SMILES string of the molecule is COCCCNC(=O)CN(C(C)=O)c1ccc(Cl)cc1C. The number of hydrogen-bond donors (Lipinski definition) is 1. The number of halogens is 1. The Labute approximate surface area is 130 Å². The number of anilines is 1. The van der Waals surface area contributed by atoms with Crippen LogP contribution in [0.4, 0.5) is 5.69 Å². The van der Waals surface area contributed by atoms with E-state index in [-0.39, 0.29) is 18.4 Å². The Bertz CT molecular complexity index is 506. The van der Waals surface area contributed by atoms with Crippen LogP contribution in [0.3, 0.4) is 0 Å². The van der Waals surface area contributed by atoms with Gasteiger partial charge in [-0.05, 0) is 37.1 Å². The van der Waals surface area contributed by atoms with Crippen molar-refractivity contribution < 1.29 is 14.3 Å². The van der Waals surface area contributed by atoms with Crippen molar-refractivity contribution in [2.45, 2.75) is 20.3 Å². The number of carbonyl (C=O) groups excluding carboxylic acids is 2. The Hall–Kier alpha value is -1.59. The van der Waals surface area contributed by atoms with Gasteiger partial charge in [-0.25, -0.2) is 0 Å². The average Bonchev–Trinajstić information content (AvgIpc) is 2.41. The molecule has 0 fully saturated rings. The number of aryl methyl sites for hydroxylation is 1. The lowest BCUT2D eigenvalue weighted by molar-refractivity contribution is -0.123. The van der Waals surface area contributed by atoms with Gasteiger partial charge in [0.05, 0.1) is 0 Å². The van der Waals surface area contributed by atoms with Crippen LogP contribution in [0, 0.1) is 6.92 Å². The summed E-state index contributed by atoms with van der Waals surface area (Å²) in [6, 6.07) is 5.22. The first-order chi connectivity index (χ1) is 9.95. The number of carbonyl (C=O) groups is 2. The fourth-order valence-electron chi connectivity index (χ4n) is 1.93. The van der Waals surface area contributed by atoms with E-state index in [1.54, 1.807) is 25.3 Å². The van der Waals surface area contributed by atoms with Crippen molar-refractivity contribution >= 4 is 29.1 Å². The molecule has 0 aliphatic carbocycles. The monoisotopic (exact) mass is 312 g/mol. The number of benzene rings is 1. The number of nitrogens with zero attached hydrogens (tertiary/aromatic N) is 1. The zero-order valence-corrected chi connectivity index (χ0v) is 13.4. The van der Waals surface area contributed by atoms with Gasteiger partial charge in [0.25, 0.3) is 0 Å². The lowest BCUT2D eigenvalue weighted by atomic mass is 10.1. The van der Waals surface area contributed by atoms with Crippen LogP contribution in [-0.4, -0.2) is 38.6 Å². The second-order valence-electron chi connectivity index (χ2n) is 4.73. The van der Waals surface area contributed by atoms with E-state index in [0.29, 0.717) is 23.9 Å². The smallest absolute Gasteiger partial charge is 0.240 e. The highest BCUT2D eigenvalue weighted by atomic mass is 35.5. The summed E-state index contributed by atoms with van der Waals surface area (Å²) in [7, 11) is 1.61. The lowest BCUT2D eigenvalue weighted by Gasteiger charge is -2.22. The van der Waals surface area contributed by atoms with Gasteiger partial charge in [-0.1, -0.05) is 11.6 Å². The highest BCUT2D eigenvalue weighted by Gasteiger charge is 2.17. The van der Waals surface area contributed by atoms with E-state index < -0.39 is 0 Å². The van der Waals surface area contributed by atoms with Crippen LogP contribution >= 0.6 is 11.6 Å². The molecule has 1 aromatic rings. The van der Waals surface area contributed by atoms with Crippen LogP contribution in [-0.2, 0) is 14.3 Å². The Kier molecular flexibility index (Phi) is 7.19. The van der Waals surface area contributed by atoms with Gasteiger partial charge in [-0.3, -0.25) is 9.59 Å². The van der Waals surface area contributed by atoms with Crippen LogP contribution in [0.15, 0.2) is 18.2 Å². The first-order valence-electron chi connectivity index (χ1n) is 6.75. The van der Waals surface area contributed by atoms with Crippen LogP contribution in [0.25, 0.3) is 0 Å². The van der Waals surface area contributed by atoms with Gasteiger partial charge in [-0.2, -0.15) is 0 Å². The first-order valence-corrected chi connectivity index (χ1v) is 7.13. The molecule has 5 nitrogen and oxygen atoms in total. The third-order valence-electron chi connectivity index (χ3n) is 2.98. The molecule has 0 unspecified atom stereocenters. The standard InChI is InChI=1S/C15H21ClN2O3/c1-11-9-13(16)5-6-14(11)18(12(2)19)10-15(20)17-7-4-8-21-3/h5-6,9H,4,7-8,10H2,1-3H3,(H,17,20). The number of ether oxygens (including phenoxy) is 1. The molecule has 0 aliphatic heterocycles. The molecule has 1 rings (SSSR count). The third kappa shape index (κ3) is 5.73. The zero-order valence-electron chi connectivity index (χ0n) is 12.6. The summed E-state index contributed by atoms with van der Waals surface area (Å²) in [4.78, 5) is 25.1. The molecule has 6 heteroatoms. The molecule has 0 spiro atoms. The van der Waals surface area contributed by atoms with Crippen LogP contribution in [0.5, 0.6) is 0 Å². The minimum absolute atomic E-state index is 0.00914. The van der Waals surface area contributed by atoms with E-state index in [0.717, 1.165) is 12.0 Å². The van der Waals surface area contributed by atoms with Gasteiger partial charge in [0.2, 0.25) is 11.8 Å². The predicted molar refractivity (Wildman–Crippen MR) is 83.7 cm³/mol. The molecule has 0 atom stereocenters. The summed E-state index contributed by atoms with van der Waals surface area (Å²) in [5.41, 5.74) is 1.55. The topological polar surface area (TPSA) is 58.6 Å². The molecular formula is C15H21ClN2O3. The molecule has 0 heterocycles. The Morgan fingerprint density at radius 2 is 2.10 bits per heavy atom. The quantitative estimate of drug-likeness (QED) is 0.785. The number of methoxy groups -OCH3 is 1. The second-order valence-corrected chi connectivity index (χ2v) is 5.17. The predicted octanol–water partition coefficient (Wildman–Crippen LogP) is 2.15. The first kappa shape index (κ1) is 17.5. The average molecular weight is 313 g/mol. The Morgan fingerprint density at radius 1 is 1.38 bits per heavy atom. The summed E-state index contributed by atoms with van der Waals surface area (Å²) >= 11 is 5.91. The van der Waals surface area contributed by atoms with Crippen molar-refractivity contribution in [1.29, 1.82) is 0 Å². The minimum atomic E-state index is -0.198. The molecule has 0 aliphatic rings. The molecule has 1 aromatic carbocycles. The highest BCUT2D eigenvalue weighted by molar-refractivity contribution is 6.30. The fraction of sp³-hybridized carbons (Fsp3) is 0.467. The lowest BCUT2D eigenvalue weighted by Crippen LogP contribution is -2.40. The molecule has 2 amide bonds. The molecule has 21 heavy (non-hydrogen) atoms. The molecule has 0 radical (unpaired) electrons. The Balaban J connectivity index is 2.70. The van der Waals surface area contributed by atoms with Crippen molar-refractivity contribution in [1.82, 2.24) is 5.32 Å². The number of nitrogens with one attached hydrogen (secondary N) is 1. The third-order valence-corrected chi connectivity index (χ3v) is 3.21. The molecule has 116 valence electrons. The summed E-state index contributed by atoms with van der Waals surface area (Å²) in [5, 5.41) is 3.37. The second kappa shape index (κ2) is 8.64. The summed E-state index contributed by atoms with van der Waals surface area (Å²) in [5.74, 6) is -0.386.